The second-order valence-corrected chi connectivity index (χ2v) is 13.6. The third kappa shape index (κ3) is 4.80. The van der Waals surface area contributed by atoms with Crippen molar-refractivity contribution in [1.29, 1.82) is 0 Å². The number of nitrogens with zero attached hydrogens (tertiary/aromatic N) is 4. The molecule has 0 N–H and O–H groups in total. The first-order valence-corrected chi connectivity index (χ1v) is 14.4. The second-order valence-electron chi connectivity index (χ2n) is 9.83. The Hall–Kier alpha value is -2.53. The number of rotatable bonds is 5. The summed E-state index contributed by atoms with van der Waals surface area (Å²) in [7, 11) is -7.55. The van der Waals surface area contributed by atoms with Gasteiger partial charge in [-0.3, -0.25) is 0 Å². The summed E-state index contributed by atoms with van der Waals surface area (Å²) in [6, 6.07) is 16.3. The molecule has 0 atom stereocenters. The van der Waals surface area contributed by atoms with E-state index in [1.165, 1.54) is 8.61 Å². The predicted octanol–water partition coefficient (Wildman–Crippen LogP) is 3.48. The standard InChI is InChI=1S/C25H32N4O4S2/c1-19-24(20(2)29(26-19)22-9-7-6-8-10-22)35(32,33)28-17-15-27(16-18-28)34(30,31)23-13-11-21(12-14-23)25(3,4)5/h6-14H,15-18H2,1-5H3. The maximum absolute atomic E-state index is 13.5. The zero-order valence-electron chi connectivity index (χ0n) is 20.8. The van der Waals surface area contributed by atoms with Crippen LogP contribution in [-0.4, -0.2) is 61.4 Å². The van der Waals surface area contributed by atoms with Crippen molar-refractivity contribution in [2.75, 3.05) is 26.2 Å². The smallest absolute Gasteiger partial charge is 0.236 e. The summed E-state index contributed by atoms with van der Waals surface area (Å²) in [4.78, 5) is 0.396. The van der Waals surface area contributed by atoms with Gasteiger partial charge < -0.3 is 0 Å². The molecular weight excluding hydrogens is 484 g/mol. The lowest BCUT2D eigenvalue weighted by Gasteiger charge is -2.33. The minimum Gasteiger partial charge on any atom is -0.236 e. The Morgan fingerprint density at radius 3 is 1.77 bits per heavy atom. The van der Waals surface area contributed by atoms with Crippen molar-refractivity contribution in [2.45, 2.75) is 49.8 Å². The van der Waals surface area contributed by atoms with Crippen molar-refractivity contribution < 1.29 is 16.8 Å². The number of hydrogen-bond acceptors (Lipinski definition) is 5. The Bertz CT molecular complexity index is 1420. The molecule has 2 heterocycles. The summed E-state index contributed by atoms with van der Waals surface area (Å²) < 4.78 is 57.8. The third-order valence-electron chi connectivity index (χ3n) is 6.38. The van der Waals surface area contributed by atoms with Gasteiger partial charge in [-0.15, -0.1) is 0 Å². The summed E-state index contributed by atoms with van der Waals surface area (Å²) in [5.41, 5.74) is 2.70. The second kappa shape index (κ2) is 9.16. The van der Waals surface area contributed by atoms with Crippen molar-refractivity contribution in [3.8, 4) is 5.69 Å². The zero-order chi connectivity index (χ0) is 25.6. The van der Waals surface area contributed by atoms with Crippen LogP contribution in [0.1, 0.15) is 37.7 Å². The highest BCUT2D eigenvalue weighted by Crippen LogP contribution is 2.28. The number of aryl methyl sites for hydroxylation is 1. The highest BCUT2D eigenvalue weighted by Gasteiger charge is 2.36. The van der Waals surface area contributed by atoms with E-state index in [9.17, 15) is 16.8 Å². The van der Waals surface area contributed by atoms with E-state index in [1.54, 1.807) is 30.7 Å². The molecule has 1 saturated heterocycles. The monoisotopic (exact) mass is 516 g/mol. The lowest BCUT2D eigenvalue weighted by molar-refractivity contribution is 0.272. The molecule has 0 bridgehead atoms. The van der Waals surface area contributed by atoms with Gasteiger partial charge in [-0.25, -0.2) is 21.5 Å². The fourth-order valence-corrected chi connectivity index (χ4v) is 7.58. The zero-order valence-corrected chi connectivity index (χ0v) is 22.4. The van der Waals surface area contributed by atoms with Crippen LogP contribution in [-0.2, 0) is 25.5 Å². The molecule has 3 aromatic rings. The molecule has 10 heteroatoms. The molecule has 2 aromatic carbocycles. The Balaban J connectivity index is 1.53. The number of piperazine rings is 1. The first-order valence-electron chi connectivity index (χ1n) is 11.6. The summed E-state index contributed by atoms with van der Waals surface area (Å²) in [5, 5.41) is 4.46. The number of sulfonamides is 2. The molecule has 0 saturated carbocycles. The molecule has 1 aromatic heterocycles. The van der Waals surface area contributed by atoms with Crippen LogP contribution in [0.15, 0.2) is 64.4 Å². The highest BCUT2D eigenvalue weighted by atomic mass is 32.2. The first kappa shape index (κ1) is 25.6. The van der Waals surface area contributed by atoms with Crippen LogP contribution in [0.3, 0.4) is 0 Å². The Morgan fingerprint density at radius 2 is 1.26 bits per heavy atom. The van der Waals surface area contributed by atoms with E-state index in [2.05, 4.69) is 25.9 Å². The molecule has 0 radical (unpaired) electrons. The molecule has 4 rings (SSSR count). The number of hydrogen-bond donors (Lipinski definition) is 0. The minimum absolute atomic E-state index is 0.0765. The Labute approximate surface area is 208 Å². The summed E-state index contributed by atoms with van der Waals surface area (Å²) in [5.74, 6) is 0. The Morgan fingerprint density at radius 1 is 0.743 bits per heavy atom. The fraction of sp³-hybridized carbons (Fsp3) is 0.400. The minimum atomic E-state index is -3.84. The van der Waals surface area contributed by atoms with Gasteiger partial charge in [0.2, 0.25) is 20.0 Å². The molecular formula is C25H32N4O4S2. The van der Waals surface area contributed by atoms with Gasteiger partial charge in [0.05, 0.1) is 22.0 Å². The topological polar surface area (TPSA) is 92.6 Å². The van der Waals surface area contributed by atoms with E-state index in [0.717, 1.165) is 11.3 Å². The summed E-state index contributed by atoms with van der Waals surface area (Å²) >= 11 is 0. The maximum Gasteiger partial charge on any atom is 0.246 e. The molecule has 0 unspecified atom stereocenters. The normalized spacial score (nSPS) is 16.5. The van der Waals surface area contributed by atoms with Gasteiger partial charge in [-0.05, 0) is 49.1 Å². The molecule has 1 aliphatic heterocycles. The molecule has 1 fully saturated rings. The van der Waals surface area contributed by atoms with E-state index in [4.69, 9.17) is 0 Å². The SMILES string of the molecule is Cc1nn(-c2ccccc2)c(C)c1S(=O)(=O)N1CCN(S(=O)(=O)c2ccc(C(C)(C)C)cc2)CC1. The lowest BCUT2D eigenvalue weighted by Crippen LogP contribution is -2.50. The van der Waals surface area contributed by atoms with Crippen LogP contribution in [0.5, 0.6) is 0 Å². The fourth-order valence-electron chi connectivity index (χ4n) is 4.38. The van der Waals surface area contributed by atoms with Crippen LogP contribution in [0, 0.1) is 13.8 Å². The van der Waals surface area contributed by atoms with E-state index >= 15 is 0 Å². The third-order valence-corrected chi connectivity index (χ3v) is 10.4. The summed E-state index contributed by atoms with van der Waals surface area (Å²) in [6.07, 6.45) is 0. The molecule has 0 spiro atoms. The van der Waals surface area contributed by atoms with Crippen molar-refractivity contribution in [3.05, 3.63) is 71.5 Å². The van der Waals surface area contributed by atoms with Gasteiger partial charge in [-0.1, -0.05) is 51.1 Å². The van der Waals surface area contributed by atoms with E-state index in [1.807, 2.05) is 42.5 Å². The first-order chi connectivity index (χ1) is 16.3. The van der Waals surface area contributed by atoms with Gasteiger partial charge in [-0.2, -0.15) is 13.7 Å². The molecule has 0 aliphatic carbocycles. The number of benzene rings is 2. The quantitative estimate of drug-likeness (QED) is 0.518. The molecule has 35 heavy (non-hydrogen) atoms. The van der Waals surface area contributed by atoms with Crippen LogP contribution >= 0.6 is 0 Å². The van der Waals surface area contributed by atoms with Crippen molar-refractivity contribution >= 4 is 20.0 Å². The molecule has 188 valence electrons. The van der Waals surface area contributed by atoms with Crippen LogP contribution in [0.25, 0.3) is 5.69 Å². The van der Waals surface area contributed by atoms with Gasteiger partial charge in [0, 0.05) is 26.2 Å². The van der Waals surface area contributed by atoms with Gasteiger partial charge >= 0.3 is 0 Å². The molecule has 0 amide bonds. The predicted molar refractivity (Wildman–Crippen MR) is 136 cm³/mol. The van der Waals surface area contributed by atoms with Gasteiger partial charge in [0.25, 0.3) is 0 Å². The van der Waals surface area contributed by atoms with Crippen molar-refractivity contribution in [1.82, 2.24) is 18.4 Å². The van der Waals surface area contributed by atoms with Crippen LogP contribution < -0.4 is 0 Å². The lowest BCUT2D eigenvalue weighted by atomic mass is 9.87. The van der Waals surface area contributed by atoms with Crippen molar-refractivity contribution in [2.24, 2.45) is 0 Å². The molecule has 8 nitrogen and oxygen atoms in total. The van der Waals surface area contributed by atoms with Crippen molar-refractivity contribution in [3.63, 3.8) is 0 Å². The largest absolute Gasteiger partial charge is 0.246 e. The molecule has 1 aliphatic rings. The number of aromatic nitrogens is 2. The van der Waals surface area contributed by atoms with E-state index in [-0.39, 0.29) is 41.4 Å². The van der Waals surface area contributed by atoms with Gasteiger partial charge in [0.15, 0.2) is 0 Å². The number of para-hydroxylation sites is 1. The highest BCUT2D eigenvalue weighted by molar-refractivity contribution is 7.89. The summed E-state index contributed by atoms with van der Waals surface area (Å²) in [6.45, 7) is 9.98. The van der Waals surface area contributed by atoms with Gasteiger partial charge in [0.1, 0.15) is 4.90 Å². The van der Waals surface area contributed by atoms with Crippen LogP contribution in [0.2, 0.25) is 0 Å². The van der Waals surface area contributed by atoms with E-state index < -0.39 is 20.0 Å². The average Bonchev–Trinajstić information content (AvgIpc) is 3.13. The average molecular weight is 517 g/mol. The van der Waals surface area contributed by atoms with Crippen LogP contribution in [0.4, 0.5) is 0 Å². The Kier molecular flexibility index (Phi) is 6.69. The maximum atomic E-state index is 13.5. The van der Waals surface area contributed by atoms with E-state index in [0.29, 0.717) is 11.4 Å².